The van der Waals surface area contributed by atoms with Crippen molar-refractivity contribution >= 4 is 25.0 Å². The summed E-state index contributed by atoms with van der Waals surface area (Å²) in [6, 6.07) is 6.33. The average molecular weight is 256 g/mol. The van der Waals surface area contributed by atoms with Gasteiger partial charge in [0.25, 0.3) is 0 Å². The molecule has 0 fully saturated rings. The van der Waals surface area contributed by atoms with Crippen molar-refractivity contribution in [3.63, 3.8) is 0 Å². The van der Waals surface area contributed by atoms with E-state index in [0.717, 1.165) is 0 Å². The van der Waals surface area contributed by atoms with Crippen molar-refractivity contribution in [2.45, 2.75) is 0 Å². The van der Waals surface area contributed by atoms with E-state index in [1.807, 2.05) is 0 Å². The molecule has 0 radical (unpaired) electrons. The predicted molar refractivity (Wildman–Crippen MR) is 47.1 cm³/mol. The molecule has 1 rings (SSSR count). The number of carbonyl (C=O) groups is 2. The molecule has 80 valence electrons. The van der Waals surface area contributed by atoms with Gasteiger partial charge in [0.15, 0.2) is 0 Å². The molecule has 9 heteroatoms. The zero-order chi connectivity index (χ0) is 11.8. The summed E-state index contributed by atoms with van der Waals surface area (Å²) in [6.07, 6.45) is -1.74. The van der Waals surface area contributed by atoms with Crippen LogP contribution in [-0.4, -0.2) is 29.6 Å². The second-order valence-electron chi connectivity index (χ2n) is 2.37. The summed E-state index contributed by atoms with van der Waals surface area (Å²) < 4.78 is 0. The number of benzene rings is 1. The van der Waals surface area contributed by atoms with Crippen LogP contribution < -0.4 is 74.8 Å². The fourth-order valence-electron chi connectivity index (χ4n) is 0.853. The number of aldehydes is 1. The van der Waals surface area contributed by atoms with Crippen molar-refractivity contribution in [3.8, 4) is 0 Å². The van der Waals surface area contributed by atoms with Gasteiger partial charge in [0.2, 0.25) is 0 Å². The van der Waals surface area contributed by atoms with Gasteiger partial charge in [0.05, 0.1) is 0 Å². The van der Waals surface area contributed by atoms with Crippen molar-refractivity contribution in [3.05, 3.63) is 29.8 Å². The monoisotopic (exact) mass is 256 g/mol. The Kier molecular flexibility index (Phi) is 16.6. The number of carboxylic acid groups (broad SMARTS) is 2. The molecule has 0 unspecified atom stereocenters. The quantitative estimate of drug-likeness (QED) is 0.400. The molecular formula is C8H7BNa2O6. The largest absolute Gasteiger partial charge is 1.00 e. The molecule has 0 aliphatic heterocycles. The van der Waals surface area contributed by atoms with Gasteiger partial charge in [0, 0.05) is 5.56 Å². The normalized spacial score (nSPS) is 7.41. The van der Waals surface area contributed by atoms with E-state index in [4.69, 9.17) is 25.1 Å². The second-order valence-corrected chi connectivity index (χ2v) is 2.37. The van der Waals surface area contributed by atoms with E-state index in [1.165, 1.54) is 12.1 Å². The summed E-state index contributed by atoms with van der Waals surface area (Å²) in [7, 11) is -1.57. The van der Waals surface area contributed by atoms with Crippen LogP contribution >= 0.6 is 0 Å². The third kappa shape index (κ3) is 11.0. The summed E-state index contributed by atoms with van der Waals surface area (Å²) in [6.45, 7) is 0. The number of hydrogen-bond acceptors (Lipinski definition) is 6. The first-order valence-electron chi connectivity index (χ1n) is 3.77. The standard InChI is InChI=1S/C7H7BO3.CH2O3.2Na/c9-5-6-3-1-2-4-7(6)8(10)11;2-1(3)4;;/h1-5,10-11H;(H2,2,3,4);;/q;;2*+1/p-2. The van der Waals surface area contributed by atoms with Crippen molar-refractivity contribution < 1.29 is 89.0 Å². The summed E-state index contributed by atoms with van der Waals surface area (Å²) in [5, 5.41) is 34.1. The molecule has 6 nitrogen and oxygen atoms in total. The van der Waals surface area contributed by atoms with Crippen LogP contribution in [0.3, 0.4) is 0 Å². The molecule has 0 aromatic heterocycles. The smallest absolute Gasteiger partial charge is 0.652 e. The van der Waals surface area contributed by atoms with Crippen LogP contribution in [0.4, 0.5) is 4.79 Å². The number of rotatable bonds is 2. The van der Waals surface area contributed by atoms with Crippen molar-refractivity contribution in [2.24, 2.45) is 0 Å². The van der Waals surface area contributed by atoms with E-state index in [2.05, 4.69) is 0 Å². The average Bonchev–Trinajstić information content (AvgIpc) is 2.16. The summed E-state index contributed by atoms with van der Waals surface area (Å²) in [5.74, 6) is 0. The van der Waals surface area contributed by atoms with E-state index < -0.39 is 13.3 Å². The molecule has 1 aromatic carbocycles. The van der Waals surface area contributed by atoms with Gasteiger partial charge in [-0.3, -0.25) is 4.79 Å². The van der Waals surface area contributed by atoms with Crippen LogP contribution in [0.5, 0.6) is 0 Å². The van der Waals surface area contributed by atoms with E-state index in [1.54, 1.807) is 12.1 Å². The first kappa shape index (κ1) is 22.3. The van der Waals surface area contributed by atoms with Gasteiger partial charge in [-0.2, -0.15) is 0 Å². The SMILES string of the molecule is O=C([O-])[O-].O=Cc1ccccc1B(O)O.[Na+].[Na+]. The second kappa shape index (κ2) is 12.6. The molecule has 0 amide bonds. The molecule has 0 heterocycles. The van der Waals surface area contributed by atoms with Crippen LogP contribution in [0.15, 0.2) is 24.3 Å². The van der Waals surface area contributed by atoms with Crippen molar-refractivity contribution in [2.75, 3.05) is 0 Å². The van der Waals surface area contributed by atoms with Gasteiger partial charge < -0.3 is 25.1 Å². The summed E-state index contributed by atoms with van der Waals surface area (Å²) >= 11 is 0. The minimum absolute atomic E-state index is 0. The molecule has 0 aliphatic carbocycles. The molecule has 2 N–H and O–H groups in total. The van der Waals surface area contributed by atoms with Gasteiger partial charge in [0.1, 0.15) is 6.29 Å². The Labute approximate surface area is 142 Å². The maximum Gasteiger partial charge on any atom is 1.00 e. The molecule has 0 aliphatic rings. The zero-order valence-corrected chi connectivity index (χ0v) is 13.5. The van der Waals surface area contributed by atoms with Gasteiger partial charge in [-0.1, -0.05) is 24.3 Å². The Bertz CT molecular complexity index is 343. The van der Waals surface area contributed by atoms with Gasteiger partial charge in [-0.05, 0) is 11.6 Å². The Morgan fingerprint density at radius 3 is 1.88 bits per heavy atom. The van der Waals surface area contributed by atoms with Crippen molar-refractivity contribution in [1.82, 2.24) is 0 Å². The summed E-state index contributed by atoms with van der Waals surface area (Å²) in [4.78, 5) is 18.6. The molecule has 0 atom stereocenters. The third-order valence-electron chi connectivity index (χ3n) is 1.40. The van der Waals surface area contributed by atoms with Crippen LogP contribution in [0.2, 0.25) is 0 Å². The molecule has 0 spiro atoms. The molecular weight excluding hydrogens is 249 g/mol. The maximum atomic E-state index is 10.3. The minimum atomic E-state index is -2.33. The molecule has 1 aromatic rings. The van der Waals surface area contributed by atoms with Crippen LogP contribution in [0.25, 0.3) is 0 Å². The predicted octanol–water partition coefficient (Wildman–Crippen LogP) is -9.26. The molecule has 0 saturated carbocycles. The van der Waals surface area contributed by atoms with E-state index in [0.29, 0.717) is 11.8 Å². The number of carbonyl (C=O) groups excluding carboxylic acids is 2. The van der Waals surface area contributed by atoms with Gasteiger partial charge in [-0.15, -0.1) is 0 Å². The van der Waals surface area contributed by atoms with Crippen molar-refractivity contribution in [1.29, 1.82) is 0 Å². The first-order chi connectivity index (χ1) is 6.99. The number of hydrogen-bond donors (Lipinski definition) is 2. The first-order valence-corrected chi connectivity index (χ1v) is 3.77. The Hall–Kier alpha value is 0.145. The topological polar surface area (TPSA) is 121 Å². The molecule has 0 saturated heterocycles. The zero-order valence-electron chi connectivity index (χ0n) is 9.49. The Morgan fingerprint density at radius 2 is 1.59 bits per heavy atom. The van der Waals surface area contributed by atoms with E-state index in [9.17, 15) is 4.79 Å². The van der Waals surface area contributed by atoms with E-state index >= 15 is 0 Å². The van der Waals surface area contributed by atoms with Crippen LogP contribution in [-0.2, 0) is 0 Å². The fourth-order valence-corrected chi connectivity index (χ4v) is 0.853. The third-order valence-corrected chi connectivity index (χ3v) is 1.40. The Morgan fingerprint density at radius 1 is 1.18 bits per heavy atom. The Balaban J connectivity index is -0.000000289. The van der Waals surface area contributed by atoms with Gasteiger partial charge >= 0.3 is 66.2 Å². The van der Waals surface area contributed by atoms with Gasteiger partial charge in [-0.25, -0.2) is 0 Å². The van der Waals surface area contributed by atoms with Crippen LogP contribution in [0, 0.1) is 0 Å². The maximum absolute atomic E-state index is 10.3. The minimum Gasteiger partial charge on any atom is -0.652 e. The summed E-state index contributed by atoms with van der Waals surface area (Å²) in [5.41, 5.74) is 0.546. The fraction of sp³-hybridized carbons (Fsp3) is 0. The van der Waals surface area contributed by atoms with Crippen LogP contribution in [0.1, 0.15) is 10.4 Å². The molecule has 0 bridgehead atoms. The molecule has 17 heavy (non-hydrogen) atoms. The van der Waals surface area contributed by atoms with E-state index in [-0.39, 0.29) is 64.6 Å².